The summed E-state index contributed by atoms with van der Waals surface area (Å²) in [5.74, 6) is -0.305. The molecule has 3 rings (SSSR count). The molecule has 1 saturated heterocycles. The molecule has 0 spiro atoms. The van der Waals surface area contributed by atoms with Gasteiger partial charge in [-0.05, 0) is 67.3 Å². The van der Waals surface area contributed by atoms with Crippen molar-refractivity contribution in [2.24, 2.45) is 0 Å². The van der Waals surface area contributed by atoms with Gasteiger partial charge in [0, 0.05) is 12.2 Å². The fourth-order valence-corrected chi connectivity index (χ4v) is 6.67. The number of rotatable bonds is 7. The van der Waals surface area contributed by atoms with Gasteiger partial charge in [0.15, 0.2) is 0 Å². The third kappa shape index (κ3) is 5.78. The highest BCUT2D eigenvalue weighted by Crippen LogP contribution is 2.39. The minimum atomic E-state index is -2.03. The van der Waals surface area contributed by atoms with Gasteiger partial charge in [-0.25, -0.2) is 4.79 Å². The van der Waals surface area contributed by atoms with E-state index < -0.39 is 8.32 Å². The highest BCUT2D eigenvalue weighted by Gasteiger charge is 2.40. The predicted molar refractivity (Wildman–Crippen MR) is 121 cm³/mol. The number of carbonyl (C=O) groups is 1. The quantitative estimate of drug-likeness (QED) is 0.335. The van der Waals surface area contributed by atoms with Crippen molar-refractivity contribution in [1.29, 1.82) is 0 Å². The van der Waals surface area contributed by atoms with Gasteiger partial charge in [-0.1, -0.05) is 60.7 Å². The molecule has 0 bridgehead atoms. The van der Waals surface area contributed by atoms with Gasteiger partial charge >= 0.3 is 5.97 Å². The maximum Gasteiger partial charge on any atom is 0.330 e. The summed E-state index contributed by atoms with van der Waals surface area (Å²) >= 11 is 0. The monoisotopic (exact) mass is 406 g/mol. The second-order valence-electron chi connectivity index (χ2n) is 7.82. The molecule has 4 heteroatoms. The van der Waals surface area contributed by atoms with Crippen LogP contribution in [-0.2, 0) is 20.4 Å². The Balaban J connectivity index is 1.86. The highest BCUT2D eigenvalue weighted by atomic mass is 28.4. The SMILES string of the molecule is CCOC(=O)/C=C/C(=C1/CC(CCc2ccccc2)O[Si]1(C)C)c1ccccc1. The zero-order valence-electron chi connectivity index (χ0n) is 17.6. The van der Waals surface area contributed by atoms with Gasteiger partial charge in [-0.15, -0.1) is 0 Å². The number of benzene rings is 2. The van der Waals surface area contributed by atoms with Crippen LogP contribution in [-0.4, -0.2) is 27.0 Å². The Morgan fingerprint density at radius 3 is 2.38 bits per heavy atom. The second-order valence-corrected chi connectivity index (χ2v) is 11.7. The summed E-state index contributed by atoms with van der Waals surface area (Å²) < 4.78 is 11.7. The summed E-state index contributed by atoms with van der Waals surface area (Å²) in [6, 6.07) is 20.8. The molecule has 0 N–H and O–H groups in total. The molecule has 0 amide bonds. The van der Waals surface area contributed by atoms with Gasteiger partial charge in [0.05, 0.1) is 6.61 Å². The van der Waals surface area contributed by atoms with Crippen LogP contribution >= 0.6 is 0 Å². The van der Waals surface area contributed by atoms with Crippen LogP contribution in [0.2, 0.25) is 13.1 Å². The summed E-state index contributed by atoms with van der Waals surface area (Å²) in [5.41, 5.74) is 3.58. The maximum atomic E-state index is 11.9. The lowest BCUT2D eigenvalue weighted by Crippen LogP contribution is -2.29. The molecular weight excluding hydrogens is 376 g/mol. The van der Waals surface area contributed by atoms with Crippen molar-refractivity contribution in [2.45, 2.75) is 45.4 Å². The van der Waals surface area contributed by atoms with E-state index in [0.29, 0.717) is 6.61 Å². The molecule has 1 aliphatic heterocycles. The number of hydrogen-bond acceptors (Lipinski definition) is 3. The fourth-order valence-electron chi connectivity index (χ4n) is 3.90. The van der Waals surface area contributed by atoms with E-state index in [9.17, 15) is 4.79 Å². The number of hydrogen-bond donors (Lipinski definition) is 0. The zero-order valence-corrected chi connectivity index (χ0v) is 18.6. The minimum absolute atomic E-state index is 0.224. The van der Waals surface area contributed by atoms with Crippen molar-refractivity contribution in [3.63, 3.8) is 0 Å². The lowest BCUT2D eigenvalue weighted by Gasteiger charge is -2.20. The Hall–Kier alpha value is -2.43. The van der Waals surface area contributed by atoms with E-state index in [-0.39, 0.29) is 12.1 Å². The zero-order chi connectivity index (χ0) is 20.7. The van der Waals surface area contributed by atoms with Crippen LogP contribution in [0.25, 0.3) is 5.57 Å². The van der Waals surface area contributed by atoms with Crippen molar-refractivity contribution in [3.05, 3.63) is 89.1 Å². The number of esters is 1. The van der Waals surface area contributed by atoms with E-state index in [1.807, 2.05) is 31.2 Å². The Morgan fingerprint density at radius 1 is 1.07 bits per heavy atom. The molecule has 1 aliphatic rings. The van der Waals surface area contributed by atoms with E-state index in [4.69, 9.17) is 9.16 Å². The van der Waals surface area contributed by atoms with Crippen molar-refractivity contribution in [2.75, 3.05) is 6.61 Å². The molecule has 3 nitrogen and oxygen atoms in total. The molecule has 2 aromatic carbocycles. The molecule has 152 valence electrons. The van der Waals surface area contributed by atoms with E-state index in [0.717, 1.165) is 30.4 Å². The molecular formula is C25H30O3Si. The van der Waals surface area contributed by atoms with Crippen LogP contribution in [0.3, 0.4) is 0 Å². The first-order chi connectivity index (χ1) is 14.0. The average Bonchev–Trinajstić information content (AvgIpc) is 3.03. The van der Waals surface area contributed by atoms with Crippen LogP contribution in [0, 0.1) is 0 Å². The molecule has 1 heterocycles. The van der Waals surface area contributed by atoms with E-state index >= 15 is 0 Å². The number of carbonyl (C=O) groups excluding carboxylic acids is 1. The van der Waals surface area contributed by atoms with Crippen molar-refractivity contribution in [3.8, 4) is 0 Å². The lowest BCUT2D eigenvalue weighted by molar-refractivity contribution is -0.137. The first-order valence-electron chi connectivity index (χ1n) is 10.3. The van der Waals surface area contributed by atoms with Crippen LogP contribution in [0.15, 0.2) is 78.0 Å². The molecule has 1 atom stereocenters. The normalized spacial score (nSPS) is 20.0. The van der Waals surface area contributed by atoms with Crippen molar-refractivity contribution < 1.29 is 14.0 Å². The minimum Gasteiger partial charge on any atom is -0.463 e. The summed E-state index contributed by atoms with van der Waals surface area (Å²) in [4.78, 5) is 11.9. The molecule has 29 heavy (non-hydrogen) atoms. The van der Waals surface area contributed by atoms with Gasteiger partial charge in [0.2, 0.25) is 8.32 Å². The average molecular weight is 407 g/mol. The van der Waals surface area contributed by atoms with Crippen LogP contribution < -0.4 is 0 Å². The topological polar surface area (TPSA) is 35.5 Å². The molecule has 0 aromatic heterocycles. The predicted octanol–water partition coefficient (Wildman–Crippen LogP) is 5.73. The van der Waals surface area contributed by atoms with Crippen LogP contribution in [0.5, 0.6) is 0 Å². The molecule has 1 fully saturated rings. The van der Waals surface area contributed by atoms with Gasteiger partial charge in [-0.3, -0.25) is 0 Å². The standard InChI is InChI=1S/C25H30O3Si/c1-4-27-25(26)18-17-23(21-13-9-6-10-14-21)24-19-22(28-29(24,2)3)16-15-20-11-7-5-8-12-20/h5-14,17-18,22H,4,15-16,19H2,1-3H3/b18-17+,24-23+. The summed E-state index contributed by atoms with van der Waals surface area (Å²) in [7, 11) is -2.03. The third-order valence-corrected chi connectivity index (χ3v) is 8.15. The Labute approximate surface area is 175 Å². The second kappa shape index (κ2) is 9.86. The van der Waals surface area contributed by atoms with Crippen LogP contribution in [0.1, 0.15) is 30.9 Å². The Kier molecular flexibility index (Phi) is 7.23. The smallest absolute Gasteiger partial charge is 0.330 e. The fraction of sp³-hybridized carbons (Fsp3) is 0.320. The van der Waals surface area contributed by atoms with Gasteiger partial charge in [0.1, 0.15) is 0 Å². The van der Waals surface area contributed by atoms with Gasteiger partial charge in [0.25, 0.3) is 0 Å². The van der Waals surface area contributed by atoms with Gasteiger partial charge in [-0.2, -0.15) is 0 Å². The number of aryl methyl sites for hydroxylation is 1. The molecule has 0 aliphatic carbocycles. The molecule has 0 saturated carbocycles. The third-order valence-electron chi connectivity index (χ3n) is 5.30. The summed E-state index contributed by atoms with van der Waals surface area (Å²) in [6.45, 7) is 6.71. The maximum absolute atomic E-state index is 11.9. The van der Waals surface area contributed by atoms with E-state index in [1.165, 1.54) is 10.8 Å². The van der Waals surface area contributed by atoms with Crippen molar-refractivity contribution >= 4 is 19.9 Å². The van der Waals surface area contributed by atoms with Crippen LogP contribution in [0.4, 0.5) is 0 Å². The molecule has 0 radical (unpaired) electrons. The van der Waals surface area contributed by atoms with E-state index in [2.05, 4.69) is 55.6 Å². The highest BCUT2D eigenvalue weighted by molar-refractivity contribution is 6.80. The molecule has 2 aromatic rings. The summed E-state index contributed by atoms with van der Waals surface area (Å²) in [5, 5.41) is 1.36. The molecule has 1 unspecified atom stereocenters. The Morgan fingerprint density at radius 2 is 1.72 bits per heavy atom. The van der Waals surface area contributed by atoms with Gasteiger partial charge < -0.3 is 9.16 Å². The largest absolute Gasteiger partial charge is 0.463 e. The van der Waals surface area contributed by atoms with Crippen molar-refractivity contribution in [1.82, 2.24) is 0 Å². The summed E-state index contributed by atoms with van der Waals surface area (Å²) in [6.07, 6.45) is 6.63. The number of ether oxygens (including phenoxy) is 1. The first-order valence-corrected chi connectivity index (χ1v) is 13.3. The number of allylic oxidation sites excluding steroid dienone is 2. The Bertz CT molecular complexity index is 869. The first kappa shape index (κ1) is 21.3. The van der Waals surface area contributed by atoms with E-state index in [1.54, 1.807) is 6.08 Å². The lowest BCUT2D eigenvalue weighted by atomic mass is 10.00.